The maximum Gasteiger partial charge on any atom is 0.386 e. The van der Waals surface area contributed by atoms with E-state index in [4.69, 9.17) is 0 Å². The smallest absolute Gasteiger partial charge is 0.323 e. The first-order chi connectivity index (χ1) is 21.1. The molecule has 0 radical (unpaired) electrons. The number of halogens is 4. The molecule has 1 saturated heterocycles. The minimum atomic E-state index is -4.00. The fourth-order valence-electron chi connectivity index (χ4n) is 4.82. The summed E-state index contributed by atoms with van der Waals surface area (Å²) < 4.78 is 46.7. The van der Waals surface area contributed by atoms with Gasteiger partial charge in [-0.05, 0) is 43.2 Å². The number of carbonyl (C=O) groups is 4. The van der Waals surface area contributed by atoms with Gasteiger partial charge in [0, 0.05) is 37.2 Å². The van der Waals surface area contributed by atoms with Crippen LogP contribution in [0, 0.1) is 6.92 Å². The number of benzene rings is 3. The van der Waals surface area contributed by atoms with Crippen LogP contribution in [0.4, 0.5) is 38.6 Å². The lowest BCUT2D eigenvalue weighted by Crippen LogP contribution is -2.46. The number of aliphatic imine (C=N–C) groups is 1. The van der Waals surface area contributed by atoms with Crippen LogP contribution >= 0.6 is 0 Å². The van der Waals surface area contributed by atoms with Gasteiger partial charge in [-0.25, -0.2) is 14.6 Å². The number of hydrogen-bond donors (Lipinski definition) is 3. The first kappa shape index (κ1) is 32.6. The number of urea groups is 2. The van der Waals surface area contributed by atoms with Crippen molar-refractivity contribution in [2.75, 3.05) is 17.3 Å². The van der Waals surface area contributed by atoms with Crippen LogP contribution in [0.3, 0.4) is 0 Å². The summed E-state index contributed by atoms with van der Waals surface area (Å²) in [5.74, 6) is -1.15. The average molecular weight is 627 g/mol. The van der Waals surface area contributed by atoms with Crippen molar-refractivity contribution >= 4 is 41.0 Å². The van der Waals surface area contributed by atoms with Crippen LogP contribution < -0.4 is 20.9 Å². The molecule has 236 valence electrons. The SMILES string of the molecule is CC(F)(F)F.Cc1cc(NC(=O)N(F)[C@@H]2N=C(c3ccccc3)c3ccccc3N(C)C2=O)ccc1CC1(C)NC(=O)NC1=O. The zero-order valence-corrected chi connectivity index (χ0v) is 24.7. The van der Waals surface area contributed by atoms with Crippen LogP contribution in [0.2, 0.25) is 0 Å². The van der Waals surface area contributed by atoms with Crippen LogP contribution in [-0.4, -0.2) is 59.6 Å². The number of carbonyl (C=O) groups excluding carboxylic acids is 4. The van der Waals surface area contributed by atoms with E-state index < -0.39 is 41.8 Å². The molecule has 0 saturated carbocycles. The van der Waals surface area contributed by atoms with E-state index >= 15 is 4.48 Å². The van der Waals surface area contributed by atoms with Gasteiger partial charge >= 0.3 is 18.2 Å². The van der Waals surface area contributed by atoms with Crippen molar-refractivity contribution in [1.82, 2.24) is 15.8 Å². The van der Waals surface area contributed by atoms with Crippen LogP contribution in [0.1, 0.15) is 36.1 Å². The van der Waals surface area contributed by atoms with Crippen molar-refractivity contribution in [3.8, 4) is 0 Å². The first-order valence-corrected chi connectivity index (χ1v) is 13.6. The zero-order chi connectivity index (χ0) is 33.1. The molecule has 0 aromatic heterocycles. The third-order valence-electron chi connectivity index (χ3n) is 7.03. The Labute approximate surface area is 256 Å². The number of hydrogen-bond acceptors (Lipinski definition) is 5. The number of benzodiazepines with no additional fused rings is 1. The molecule has 2 aliphatic heterocycles. The number of amides is 6. The van der Waals surface area contributed by atoms with Crippen LogP contribution in [0.5, 0.6) is 0 Å². The minimum Gasteiger partial charge on any atom is -0.323 e. The Balaban J connectivity index is 0.000000854. The maximum absolute atomic E-state index is 15.6. The zero-order valence-electron chi connectivity index (χ0n) is 24.7. The Hall–Kier alpha value is -5.27. The summed E-state index contributed by atoms with van der Waals surface area (Å²) >= 11 is 0. The van der Waals surface area contributed by atoms with E-state index in [1.807, 2.05) is 18.2 Å². The Kier molecular flexibility index (Phi) is 9.26. The lowest BCUT2D eigenvalue weighted by Gasteiger charge is -2.24. The fraction of sp³-hybridized carbons (Fsp3) is 0.258. The molecule has 5 rings (SSSR count). The molecule has 2 atom stereocenters. The van der Waals surface area contributed by atoms with E-state index in [0.717, 1.165) is 5.56 Å². The fourth-order valence-corrected chi connectivity index (χ4v) is 4.82. The van der Waals surface area contributed by atoms with Gasteiger partial charge < -0.3 is 15.5 Å². The molecule has 0 spiro atoms. The molecule has 1 unspecified atom stereocenters. The van der Waals surface area contributed by atoms with Crippen molar-refractivity contribution in [1.29, 1.82) is 0 Å². The largest absolute Gasteiger partial charge is 0.386 e. The minimum absolute atomic E-state index is 0.188. The van der Waals surface area contributed by atoms with Gasteiger partial charge in [0.1, 0.15) is 5.54 Å². The Morgan fingerprint density at radius 2 is 1.67 bits per heavy atom. The summed E-state index contributed by atoms with van der Waals surface area (Å²) in [6, 6.07) is 19.3. The average Bonchev–Trinajstić information content (AvgIpc) is 3.17. The summed E-state index contributed by atoms with van der Waals surface area (Å²) in [7, 11) is 1.51. The standard InChI is InChI=1S/C29H27FN6O4.C2H3F3/c1-17-15-20(14-13-19(17)16-29(2)26(38)33-27(39)34-29)31-28(40)36(30)24-25(37)35(3)22-12-8-7-11-21(22)23(32-24)18-9-5-4-6-10-18;1-2(3,4)5/h4-15,24H,16H2,1-3H3,(H,31,40)(H2,33,34,38,39);1H3/t24-,29?;/m0./s1. The summed E-state index contributed by atoms with van der Waals surface area (Å²) in [4.78, 5) is 55.8. The second-order valence-corrected chi connectivity index (χ2v) is 10.7. The molecule has 0 bridgehead atoms. The number of aryl methyl sites for hydroxylation is 1. The summed E-state index contributed by atoms with van der Waals surface area (Å²) in [6.45, 7) is 3.58. The summed E-state index contributed by atoms with van der Waals surface area (Å²) in [6.07, 6.45) is -5.54. The van der Waals surface area contributed by atoms with Crippen molar-refractivity contribution in [3.05, 3.63) is 95.1 Å². The molecule has 10 nitrogen and oxygen atoms in total. The molecule has 1 fully saturated rings. The molecule has 3 aromatic carbocycles. The maximum atomic E-state index is 15.6. The number of rotatable bonds is 5. The molecule has 14 heteroatoms. The van der Waals surface area contributed by atoms with Crippen LogP contribution in [-0.2, 0) is 16.0 Å². The van der Waals surface area contributed by atoms with E-state index in [2.05, 4.69) is 20.9 Å². The highest BCUT2D eigenvalue weighted by molar-refractivity contribution is 6.20. The van der Waals surface area contributed by atoms with E-state index in [1.54, 1.807) is 68.4 Å². The van der Waals surface area contributed by atoms with E-state index in [0.29, 0.717) is 28.1 Å². The van der Waals surface area contributed by atoms with Gasteiger partial charge in [-0.15, -0.1) is 5.12 Å². The van der Waals surface area contributed by atoms with Gasteiger partial charge in [-0.2, -0.15) is 13.2 Å². The summed E-state index contributed by atoms with van der Waals surface area (Å²) in [5, 5.41) is 7.11. The predicted octanol–water partition coefficient (Wildman–Crippen LogP) is 5.26. The van der Waals surface area contributed by atoms with Crippen LogP contribution in [0.25, 0.3) is 0 Å². The molecule has 3 aromatic rings. The molecule has 2 aliphatic rings. The normalized spacial score (nSPS) is 19.3. The van der Waals surface area contributed by atoms with Gasteiger partial charge in [0.05, 0.1) is 11.4 Å². The molecular formula is C31H30F4N6O4. The molecule has 6 amide bonds. The Bertz CT molecular complexity index is 1660. The number of nitrogens with one attached hydrogen (secondary N) is 3. The van der Waals surface area contributed by atoms with Crippen molar-refractivity contribution in [3.63, 3.8) is 0 Å². The van der Waals surface area contributed by atoms with E-state index in [1.165, 1.54) is 11.9 Å². The van der Waals surface area contributed by atoms with Gasteiger partial charge in [-0.3, -0.25) is 14.9 Å². The number of nitrogens with zero attached hydrogens (tertiary/aromatic N) is 3. The highest BCUT2D eigenvalue weighted by Gasteiger charge is 2.42. The lowest BCUT2D eigenvalue weighted by atomic mass is 9.90. The quantitative estimate of drug-likeness (QED) is 0.203. The lowest BCUT2D eigenvalue weighted by molar-refractivity contribution is -0.126. The number of likely N-dealkylation sites (N-methyl/N-ethyl adjacent to an activating group) is 1. The van der Waals surface area contributed by atoms with Crippen molar-refractivity contribution in [2.45, 2.75) is 45.1 Å². The highest BCUT2D eigenvalue weighted by atomic mass is 19.4. The van der Waals surface area contributed by atoms with Gasteiger partial charge in [0.15, 0.2) is 0 Å². The predicted molar refractivity (Wildman–Crippen MR) is 159 cm³/mol. The van der Waals surface area contributed by atoms with E-state index in [-0.39, 0.29) is 24.2 Å². The van der Waals surface area contributed by atoms with Crippen LogP contribution in [0.15, 0.2) is 77.8 Å². The first-order valence-electron chi connectivity index (χ1n) is 13.6. The van der Waals surface area contributed by atoms with Gasteiger partial charge in [0.2, 0.25) is 6.17 Å². The van der Waals surface area contributed by atoms with Gasteiger partial charge in [0.25, 0.3) is 11.8 Å². The van der Waals surface area contributed by atoms with Gasteiger partial charge in [-0.1, -0.05) is 59.1 Å². The third kappa shape index (κ3) is 7.63. The second-order valence-electron chi connectivity index (χ2n) is 10.7. The second kappa shape index (κ2) is 12.8. The summed E-state index contributed by atoms with van der Waals surface area (Å²) in [5.41, 5.74) is 2.86. The number of anilines is 2. The highest BCUT2D eigenvalue weighted by Crippen LogP contribution is 2.29. The third-order valence-corrected chi connectivity index (χ3v) is 7.03. The molecule has 45 heavy (non-hydrogen) atoms. The van der Waals surface area contributed by atoms with Crippen molar-refractivity contribution in [2.24, 2.45) is 4.99 Å². The molecule has 0 aliphatic carbocycles. The van der Waals surface area contributed by atoms with Crippen molar-refractivity contribution < 1.29 is 36.8 Å². The number of fused-ring (bicyclic) bond motifs is 1. The van der Waals surface area contributed by atoms with E-state index in [9.17, 15) is 32.3 Å². The number of para-hydroxylation sites is 1. The topological polar surface area (TPSA) is 123 Å². The monoisotopic (exact) mass is 626 g/mol. The number of alkyl halides is 3. The Morgan fingerprint density at radius 1 is 1.04 bits per heavy atom. The molecular weight excluding hydrogens is 596 g/mol. The molecule has 2 heterocycles. The Morgan fingerprint density at radius 3 is 2.27 bits per heavy atom. The number of imide groups is 1. The molecule has 3 N–H and O–H groups in total.